The van der Waals surface area contributed by atoms with Crippen molar-refractivity contribution in [2.45, 2.75) is 0 Å². The first-order valence-electron chi connectivity index (χ1n) is 4.99. The fraction of sp³-hybridized carbons (Fsp3) is 0.0833. The number of nitrogens with one attached hydrogen (secondary N) is 1. The van der Waals surface area contributed by atoms with Gasteiger partial charge in [0.1, 0.15) is 11.8 Å². The molecular weight excluding hydrogens is 216 g/mol. The maximum atomic E-state index is 11.9. The van der Waals surface area contributed by atoms with Gasteiger partial charge in [0.15, 0.2) is 0 Å². The molecular formula is C12H10N4O. The van der Waals surface area contributed by atoms with E-state index in [2.05, 4.69) is 10.3 Å². The zero-order valence-corrected chi connectivity index (χ0v) is 9.21. The molecule has 0 aliphatic rings. The highest BCUT2D eigenvalue weighted by Crippen LogP contribution is 2.14. The lowest BCUT2D eigenvalue weighted by Gasteiger charge is -2.06. The van der Waals surface area contributed by atoms with E-state index >= 15 is 0 Å². The number of hydrogen-bond acceptors (Lipinski definition) is 3. The third-order valence-electron chi connectivity index (χ3n) is 2.35. The van der Waals surface area contributed by atoms with Crippen LogP contribution in [0.2, 0.25) is 0 Å². The minimum Gasteiger partial charge on any atom is -0.330 e. The summed E-state index contributed by atoms with van der Waals surface area (Å²) in [5, 5.41) is 11.6. The van der Waals surface area contributed by atoms with Crippen LogP contribution in [0.1, 0.15) is 16.1 Å². The molecule has 0 bridgehead atoms. The summed E-state index contributed by atoms with van der Waals surface area (Å²) >= 11 is 0. The predicted octanol–water partition coefficient (Wildman–Crippen LogP) is 1.54. The number of anilines is 1. The van der Waals surface area contributed by atoms with Crippen molar-refractivity contribution in [3.63, 3.8) is 0 Å². The van der Waals surface area contributed by atoms with Gasteiger partial charge in [-0.3, -0.25) is 4.79 Å². The van der Waals surface area contributed by atoms with Crippen LogP contribution in [0, 0.1) is 11.3 Å². The van der Waals surface area contributed by atoms with Crippen molar-refractivity contribution < 1.29 is 4.79 Å². The van der Waals surface area contributed by atoms with Crippen LogP contribution in [0.3, 0.4) is 0 Å². The number of aromatic nitrogens is 2. The second kappa shape index (κ2) is 4.49. The van der Waals surface area contributed by atoms with Gasteiger partial charge in [0.05, 0.1) is 23.8 Å². The Hall–Kier alpha value is -2.61. The summed E-state index contributed by atoms with van der Waals surface area (Å²) in [7, 11) is 1.73. The molecule has 0 aliphatic carbocycles. The van der Waals surface area contributed by atoms with Gasteiger partial charge < -0.3 is 9.88 Å². The topological polar surface area (TPSA) is 70.7 Å². The molecule has 0 unspecified atom stereocenters. The maximum absolute atomic E-state index is 11.9. The van der Waals surface area contributed by atoms with Crippen LogP contribution >= 0.6 is 0 Å². The van der Waals surface area contributed by atoms with Gasteiger partial charge in [-0.1, -0.05) is 12.1 Å². The van der Waals surface area contributed by atoms with Gasteiger partial charge in [-0.25, -0.2) is 4.98 Å². The summed E-state index contributed by atoms with van der Waals surface area (Å²) in [5.41, 5.74) is 1.38. The summed E-state index contributed by atoms with van der Waals surface area (Å²) < 4.78 is 1.62. The Labute approximate surface area is 98.3 Å². The van der Waals surface area contributed by atoms with E-state index in [1.54, 1.807) is 42.2 Å². The minimum atomic E-state index is -0.285. The lowest BCUT2D eigenvalue weighted by Crippen LogP contribution is -2.15. The lowest BCUT2D eigenvalue weighted by molar-refractivity contribution is 0.101. The first-order chi connectivity index (χ1) is 8.22. The van der Waals surface area contributed by atoms with E-state index in [0.717, 1.165) is 0 Å². The van der Waals surface area contributed by atoms with Crippen LogP contribution < -0.4 is 5.32 Å². The Bertz CT molecular complexity index is 595. The molecule has 2 aromatic rings. The number of carbonyl (C=O) groups excluding carboxylic acids is 1. The molecule has 2 rings (SSSR count). The molecule has 0 saturated heterocycles. The van der Waals surface area contributed by atoms with E-state index in [4.69, 9.17) is 5.26 Å². The van der Waals surface area contributed by atoms with Gasteiger partial charge in [-0.15, -0.1) is 0 Å². The Morgan fingerprint density at radius 1 is 1.47 bits per heavy atom. The van der Waals surface area contributed by atoms with Gasteiger partial charge in [-0.2, -0.15) is 5.26 Å². The van der Waals surface area contributed by atoms with Crippen molar-refractivity contribution >= 4 is 11.6 Å². The van der Waals surface area contributed by atoms with E-state index in [0.29, 0.717) is 16.9 Å². The quantitative estimate of drug-likeness (QED) is 0.844. The van der Waals surface area contributed by atoms with E-state index in [1.165, 1.54) is 6.20 Å². The molecule has 0 radical (unpaired) electrons. The Balaban J connectivity index is 2.26. The summed E-state index contributed by atoms with van der Waals surface area (Å²) in [6.45, 7) is 0. The summed E-state index contributed by atoms with van der Waals surface area (Å²) in [4.78, 5) is 15.7. The van der Waals surface area contributed by atoms with Gasteiger partial charge in [-0.05, 0) is 12.1 Å². The molecule has 1 aromatic heterocycles. The molecule has 84 valence electrons. The van der Waals surface area contributed by atoms with E-state index in [9.17, 15) is 4.79 Å². The monoisotopic (exact) mass is 226 g/mol. The van der Waals surface area contributed by atoms with Crippen LogP contribution in [-0.2, 0) is 7.05 Å². The standard InChI is InChI=1S/C12H10N4O/c1-16-8-14-7-11(16)12(17)15-10-5-3-2-4-9(10)6-13/h2-5,7-8H,1H3,(H,15,17). The molecule has 5 nitrogen and oxygen atoms in total. The largest absolute Gasteiger partial charge is 0.330 e. The van der Waals surface area contributed by atoms with Crippen molar-refractivity contribution in [2.24, 2.45) is 7.05 Å². The Morgan fingerprint density at radius 3 is 2.88 bits per heavy atom. The smallest absolute Gasteiger partial charge is 0.273 e. The minimum absolute atomic E-state index is 0.285. The van der Waals surface area contributed by atoms with Crippen LogP contribution in [0.4, 0.5) is 5.69 Å². The number of nitriles is 1. The number of nitrogens with zero attached hydrogens (tertiary/aromatic N) is 3. The van der Waals surface area contributed by atoms with Gasteiger partial charge in [0, 0.05) is 7.05 Å². The highest BCUT2D eigenvalue weighted by atomic mass is 16.2. The van der Waals surface area contributed by atoms with E-state index < -0.39 is 0 Å². The number of rotatable bonds is 2. The van der Waals surface area contributed by atoms with Gasteiger partial charge in [0.2, 0.25) is 0 Å². The number of carbonyl (C=O) groups is 1. The number of imidazole rings is 1. The van der Waals surface area contributed by atoms with E-state index in [-0.39, 0.29) is 5.91 Å². The second-order valence-corrected chi connectivity index (χ2v) is 3.50. The first-order valence-corrected chi connectivity index (χ1v) is 4.99. The number of para-hydroxylation sites is 1. The third-order valence-corrected chi connectivity index (χ3v) is 2.35. The van der Waals surface area contributed by atoms with Crippen molar-refractivity contribution in [3.05, 3.63) is 48.0 Å². The highest BCUT2D eigenvalue weighted by Gasteiger charge is 2.11. The molecule has 17 heavy (non-hydrogen) atoms. The van der Waals surface area contributed by atoms with Crippen LogP contribution in [0.25, 0.3) is 0 Å². The van der Waals surface area contributed by atoms with Crippen LogP contribution in [0.15, 0.2) is 36.8 Å². The molecule has 1 aromatic carbocycles. The third kappa shape index (κ3) is 2.16. The van der Waals surface area contributed by atoms with Crippen LogP contribution in [-0.4, -0.2) is 15.5 Å². The van der Waals surface area contributed by atoms with Crippen molar-refractivity contribution in [1.82, 2.24) is 9.55 Å². The van der Waals surface area contributed by atoms with Gasteiger partial charge in [0.25, 0.3) is 5.91 Å². The molecule has 0 saturated carbocycles. The molecule has 1 amide bonds. The van der Waals surface area contributed by atoms with Crippen molar-refractivity contribution in [2.75, 3.05) is 5.32 Å². The molecule has 1 heterocycles. The maximum Gasteiger partial charge on any atom is 0.273 e. The second-order valence-electron chi connectivity index (χ2n) is 3.50. The fourth-order valence-electron chi connectivity index (χ4n) is 1.45. The molecule has 0 atom stereocenters. The molecule has 5 heteroatoms. The van der Waals surface area contributed by atoms with Crippen molar-refractivity contribution in [3.8, 4) is 6.07 Å². The average molecular weight is 226 g/mol. The van der Waals surface area contributed by atoms with Gasteiger partial charge >= 0.3 is 0 Å². The predicted molar refractivity (Wildman–Crippen MR) is 62.3 cm³/mol. The lowest BCUT2D eigenvalue weighted by atomic mass is 10.2. The highest BCUT2D eigenvalue weighted by molar-refractivity contribution is 6.03. The summed E-state index contributed by atoms with van der Waals surface area (Å²) in [5.74, 6) is -0.285. The summed E-state index contributed by atoms with van der Waals surface area (Å²) in [6, 6.07) is 8.87. The average Bonchev–Trinajstić information content (AvgIpc) is 2.76. The molecule has 1 N–H and O–H groups in total. The van der Waals surface area contributed by atoms with Crippen LogP contribution in [0.5, 0.6) is 0 Å². The number of hydrogen-bond donors (Lipinski definition) is 1. The first kappa shape index (κ1) is 10.9. The Kier molecular flexibility index (Phi) is 2.88. The number of aryl methyl sites for hydroxylation is 1. The SMILES string of the molecule is Cn1cncc1C(=O)Nc1ccccc1C#N. The zero-order chi connectivity index (χ0) is 12.3. The fourth-order valence-corrected chi connectivity index (χ4v) is 1.45. The molecule has 0 fully saturated rings. The number of benzene rings is 1. The van der Waals surface area contributed by atoms with E-state index in [1.807, 2.05) is 6.07 Å². The molecule has 0 aliphatic heterocycles. The van der Waals surface area contributed by atoms with Crippen molar-refractivity contribution in [1.29, 1.82) is 5.26 Å². The number of amides is 1. The summed E-state index contributed by atoms with van der Waals surface area (Å²) in [6.07, 6.45) is 3.02. The molecule has 0 spiro atoms. The zero-order valence-electron chi connectivity index (χ0n) is 9.21. The normalized spacial score (nSPS) is 9.65. The Morgan fingerprint density at radius 2 is 2.24 bits per heavy atom.